The van der Waals surface area contributed by atoms with Gasteiger partial charge in [-0.3, -0.25) is 4.90 Å². The van der Waals surface area contributed by atoms with Crippen LogP contribution in [0.4, 0.5) is 0 Å². The number of nitrogens with zero attached hydrogens (tertiary/aromatic N) is 1. The third-order valence-electron chi connectivity index (χ3n) is 4.31. The first-order valence-corrected chi connectivity index (χ1v) is 6.49. The van der Waals surface area contributed by atoms with Crippen LogP contribution in [0.25, 0.3) is 0 Å². The summed E-state index contributed by atoms with van der Waals surface area (Å²) in [6.45, 7) is 7.17. The zero-order chi connectivity index (χ0) is 11.2. The molecule has 1 heteroatoms. The SMILES string of the molecule is CC1(C)CN(C2CCC2)Cc2ccccc21. The average molecular weight is 215 g/mol. The fourth-order valence-electron chi connectivity index (χ4n) is 3.20. The summed E-state index contributed by atoms with van der Waals surface area (Å²) in [7, 11) is 0. The maximum atomic E-state index is 2.70. The van der Waals surface area contributed by atoms with Crippen molar-refractivity contribution in [2.45, 2.75) is 51.1 Å². The molecule has 1 aliphatic heterocycles. The van der Waals surface area contributed by atoms with Crippen LogP contribution in [-0.2, 0) is 12.0 Å². The molecule has 3 rings (SSSR count). The van der Waals surface area contributed by atoms with Crippen LogP contribution in [0.2, 0.25) is 0 Å². The van der Waals surface area contributed by atoms with Crippen LogP contribution in [-0.4, -0.2) is 17.5 Å². The molecular formula is C15H21N. The highest BCUT2D eigenvalue weighted by Crippen LogP contribution is 2.37. The Bertz CT molecular complexity index is 390. The minimum Gasteiger partial charge on any atom is -0.295 e. The van der Waals surface area contributed by atoms with Gasteiger partial charge in [0.25, 0.3) is 0 Å². The minimum absolute atomic E-state index is 0.324. The molecule has 0 unspecified atom stereocenters. The Morgan fingerprint density at radius 1 is 1.19 bits per heavy atom. The molecule has 1 aromatic carbocycles. The standard InChI is InChI=1S/C15H21N/c1-15(2)11-16(13-7-5-8-13)10-12-6-3-4-9-14(12)15/h3-4,6,9,13H,5,7-8,10-11H2,1-2H3. The molecule has 0 spiro atoms. The van der Waals surface area contributed by atoms with E-state index in [1.807, 2.05) is 0 Å². The lowest BCUT2D eigenvalue weighted by molar-refractivity contribution is 0.0842. The van der Waals surface area contributed by atoms with Gasteiger partial charge >= 0.3 is 0 Å². The van der Waals surface area contributed by atoms with Gasteiger partial charge in [-0.05, 0) is 24.0 Å². The second kappa shape index (κ2) is 3.59. The van der Waals surface area contributed by atoms with E-state index in [1.165, 1.54) is 32.4 Å². The molecule has 1 aliphatic carbocycles. The average Bonchev–Trinajstić information content (AvgIpc) is 2.14. The van der Waals surface area contributed by atoms with Crippen molar-refractivity contribution in [3.8, 4) is 0 Å². The normalized spacial score (nSPS) is 24.9. The van der Waals surface area contributed by atoms with Gasteiger partial charge in [0.1, 0.15) is 0 Å². The molecular weight excluding hydrogens is 194 g/mol. The van der Waals surface area contributed by atoms with Crippen molar-refractivity contribution in [1.82, 2.24) is 4.90 Å². The molecule has 0 saturated heterocycles. The van der Waals surface area contributed by atoms with Crippen molar-refractivity contribution in [1.29, 1.82) is 0 Å². The van der Waals surface area contributed by atoms with E-state index in [9.17, 15) is 0 Å². The summed E-state index contributed by atoms with van der Waals surface area (Å²) in [6, 6.07) is 9.85. The van der Waals surface area contributed by atoms with E-state index in [4.69, 9.17) is 0 Å². The lowest BCUT2D eigenvalue weighted by Gasteiger charge is -2.46. The first kappa shape index (κ1) is 10.3. The van der Waals surface area contributed by atoms with E-state index in [-0.39, 0.29) is 0 Å². The van der Waals surface area contributed by atoms with Gasteiger partial charge in [0.05, 0.1) is 0 Å². The summed E-state index contributed by atoms with van der Waals surface area (Å²) in [4.78, 5) is 2.70. The highest BCUT2D eigenvalue weighted by atomic mass is 15.2. The zero-order valence-electron chi connectivity index (χ0n) is 10.4. The molecule has 2 aliphatic rings. The Labute approximate surface area is 98.5 Å². The van der Waals surface area contributed by atoms with Gasteiger partial charge in [-0.25, -0.2) is 0 Å². The Morgan fingerprint density at radius 3 is 2.62 bits per heavy atom. The zero-order valence-corrected chi connectivity index (χ0v) is 10.4. The molecule has 0 radical (unpaired) electrons. The number of benzene rings is 1. The van der Waals surface area contributed by atoms with E-state index in [0.29, 0.717) is 5.41 Å². The first-order valence-electron chi connectivity index (χ1n) is 6.49. The maximum Gasteiger partial charge on any atom is 0.0239 e. The Hall–Kier alpha value is -0.820. The fraction of sp³-hybridized carbons (Fsp3) is 0.600. The maximum absolute atomic E-state index is 2.70. The summed E-state index contributed by atoms with van der Waals surface area (Å²) in [5, 5.41) is 0. The molecule has 0 atom stereocenters. The number of rotatable bonds is 1. The van der Waals surface area contributed by atoms with Gasteiger partial charge in [-0.1, -0.05) is 44.5 Å². The molecule has 1 fully saturated rings. The van der Waals surface area contributed by atoms with Crippen molar-refractivity contribution >= 4 is 0 Å². The molecule has 1 saturated carbocycles. The van der Waals surface area contributed by atoms with Crippen molar-refractivity contribution in [3.05, 3.63) is 35.4 Å². The second-order valence-electron chi connectivity index (χ2n) is 6.03. The van der Waals surface area contributed by atoms with Crippen molar-refractivity contribution in [3.63, 3.8) is 0 Å². The van der Waals surface area contributed by atoms with Gasteiger partial charge in [-0.2, -0.15) is 0 Å². The topological polar surface area (TPSA) is 3.24 Å². The summed E-state index contributed by atoms with van der Waals surface area (Å²) < 4.78 is 0. The lowest BCUT2D eigenvalue weighted by Crippen LogP contribution is -2.49. The molecule has 16 heavy (non-hydrogen) atoms. The molecule has 1 nitrogen and oxygen atoms in total. The van der Waals surface area contributed by atoms with Crippen LogP contribution in [0.5, 0.6) is 0 Å². The summed E-state index contributed by atoms with van der Waals surface area (Å²) in [6.07, 6.45) is 4.26. The Kier molecular flexibility index (Phi) is 2.32. The van der Waals surface area contributed by atoms with E-state index >= 15 is 0 Å². The van der Waals surface area contributed by atoms with Crippen LogP contribution in [0.3, 0.4) is 0 Å². The monoisotopic (exact) mass is 215 g/mol. The molecule has 1 aromatic rings. The molecule has 0 amide bonds. The largest absolute Gasteiger partial charge is 0.295 e. The highest BCUT2D eigenvalue weighted by Gasteiger charge is 2.35. The Morgan fingerprint density at radius 2 is 1.94 bits per heavy atom. The van der Waals surface area contributed by atoms with E-state index in [2.05, 4.69) is 43.0 Å². The van der Waals surface area contributed by atoms with Crippen molar-refractivity contribution in [2.24, 2.45) is 0 Å². The number of hydrogen-bond donors (Lipinski definition) is 0. The van der Waals surface area contributed by atoms with Gasteiger partial charge in [0, 0.05) is 24.5 Å². The van der Waals surface area contributed by atoms with E-state index in [0.717, 1.165) is 6.04 Å². The molecule has 0 N–H and O–H groups in total. The minimum atomic E-state index is 0.324. The van der Waals surface area contributed by atoms with Crippen LogP contribution in [0.15, 0.2) is 24.3 Å². The van der Waals surface area contributed by atoms with Gasteiger partial charge in [-0.15, -0.1) is 0 Å². The quantitative estimate of drug-likeness (QED) is 0.694. The summed E-state index contributed by atoms with van der Waals surface area (Å²) in [5.74, 6) is 0. The molecule has 0 aromatic heterocycles. The van der Waals surface area contributed by atoms with Crippen molar-refractivity contribution in [2.75, 3.05) is 6.54 Å². The first-order chi connectivity index (χ1) is 7.67. The number of hydrogen-bond acceptors (Lipinski definition) is 1. The second-order valence-corrected chi connectivity index (χ2v) is 6.03. The van der Waals surface area contributed by atoms with E-state index in [1.54, 1.807) is 11.1 Å². The smallest absolute Gasteiger partial charge is 0.0239 e. The van der Waals surface area contributed by atoms with Gasteiger partial charge < -0.3 is 0 Å². The third-order valence-corrected chi connectivity index (χ3v) is 4.31. The molecule has 1 heterocycles. The van der Waals surface area contributed by atoms with Gasteiger partial charge in [0.15, 0.2) is 0 Å². The summed E-state index contributed by atoms with van der Waals surface area (Å²) in [5.41, 5.74) is 3.43. The van der Waals surface area contributed by atoms with Crippen LogP contribution in [0, 0.1) is 0 Å². The van der Waals surface area contributed by atoms with E-state index < -0.39 is 0 Å². The summed E-state index contributed by atoms with van der Waals surface area (Å²) >= 11 is 0. The van der Waals surface area contributed by atoms with Crippen molar-refractivity contribution < 1.29 is 0 Å². The lowest BCUT2D eigenvalue weighted by atomic mass is 9.76. The fourth-order valence-corrected chi connectivity index (χ4v) is 3.20. The molecule has 86 valence electrons. The van der Waals surface area contributed by atoms with Gasteiger partial charge in [0.2, 0.25) is 0 Å². The highest BCUT2D eigenvalue weighted by molar-refractivity contribution is 5.36. The predicted octanol–water partition coefficient (Wildman–Crippen LogP) is 3.33. The third kappa shape index (κ3) is 1.58. The van der Waals surface area contributed by atoms with Crippen LogP contribution >= 0.6 is 0 Å². The Balaban J connectivity index is 1.93. The molecule has 0 bridgehead atoms. The van der Waals surface area contributed by atoms with Crippen LogP contribution in [0.1, 0.15) is 44.2 Å². The van der Waals surface area contributed by atoms with Crippen LogP contribution < -0.4 is 0 Å². The number of fused-ring (bicyclic) bond motifs is 1. The predicted molar refractivity (Wildman–Crippen MR) is 67.5 cm³/mol.